The average molecular weight is 364 g/mol. The van der Waals surface area contributed by atoms with Crippen molar-refractivity contribution in [2.45, 2.75) is 44.2 Å². The second-order valence-electron chi connectivity index (χ2n) is 7.62. The number of piperidine rings is 1. The Labute approximate surface area is 161 Å². The van der Waals surface area contributed by atoms with Crippen LogP contribution in [-0.4, -0.2) is 43.1 Å². The molecule has 0 radical (unpaired) electrons. The summed E-state index contributed by atoms with van der Waals surface area (Å²) < 4.78 is 6.21. The third-order valence-electron chi connectivity index (χ3n) is 5.93. The monoisotopic (exact) mass is 364 g/mol. The standard InChI is InChI=1S/C23H28N2O2/c1-24-23(26)19-7-5-17(6-8-19)18-9-11-21(12-10-18)27-22-13-15-25(16-14-22)20-3-2-4-20/h5-12,20,22H,2-4,13-16H2,1H3,(H,24,26). The van der Waals surface area contributed by atoms with E-state index in [4.69, 9.17) is 4.74 Å². The van der Waals surface area contributed by atoms with Crippen molar-refractivity contribution in [3.63, 3.8) is 0 Å². The Morgan fingerprint density at radius 3 is 2.04 bits per heavy atom. The molecule has 1 heterocycles. The normalized spacial score (nSPS) is 18.7. The van der Waals surface area contributed by atoms with Gasteiger partial charge in [0.25, 0.3) is 5.91 Å². The molecule has 1 aliphatic heterocycles. The Balaban J connectivity index is 1.33. The molecule has 27 heavy (non-hydrogen) atoms. The molecule has 1 N–H and O–H groups in total. The van der Waals surface area contributed by atoms with Crippen LogP contribution in [-0.2, 0) is 0 Å². The molecule has 4 nitrogen and oxygen atoms in total. The summed E-state index contributed by atoms with van der Waals surface area (Å²) >= 11 is 0. The predicted molar refractivity (Wildman–Crippen MR) is 108 cm³/mol. The maximum Gasteiger partial charge on any atom is 0.251 e. The number of amides is 1. The van der Waals surface area contributed by atoms with Gasteiger partial charge in [-0.2, -0.15) is 0 Å². The van der Waals surface area contributed by atoms with E-state index in [1.165, 1.54) is 32.4 Å². The van der Waals surface area contributed by atoms with Crippen molar-refractivity contribution in [3.05, 3.63) is 54.1 Å². The van der Waals surface area contributed by atoms with Gasteiger partial charge in [0.2, 0.25) is 0 Å². The third-order valence-corrected chi connectivity index (χ3v) is 5.93. The van der Waals surface area contributed by atoms with E-state index in [0.29, 0.717) is 11.7 Å². The molecule has 0 atom stereocenters. The van der Waals surface area contributed by atoms with Crippen LogP contribution in [0.4, 0.5) is 0 Å². The number of nitrogens with one attached hydrogen (secondary N) is 1. The molecule has 142 valence electrons. The minimum atomic E-state index is -0.0614. The fourth-order valence-corrected chi connectivity index (χ4v) is 3.99. The minimum Gasteiger partial charge on any atom is -0.490 e. The Kier molecular flexibility index (Phi) is 5.44. The Morgan fingerprint density at radius 2 is 1.52 bits per heavy atom. The summed E-state index contributed by atoms with van der Waals surface area (Å²) in [4.78, 5) is 14.3. The lowest BCUT2D eigenvalue weighted by atomic mass is 9.90. The van der Waals surface area contributed by atoms with Crippen LogP contribution in [0.5, 0.6) is 5.75 Å². The molecule has 0 aromatic heterocycles. The second-order valence-corrected chi connectivity index (χ2v) is 7.62. The van der Waals surface area contributed by atoms with Gasteiger partial charge in [0.05, 0.1) is 0 Å². The van der Waals surface area contributed by atoms with E-state index >= 15 is 0 Å². The van der Waals surface area contributed by atoms with Crippen molar-refractivity contribution in [1.82, 2.24) is 10.2 Å². The molecule has 1 saturated carbocycles. The zero-order valence-electron chi connectivity index (χ0n) is 16.0. The van der Waals surface area contributed by atoms with Gasteiger partial charge in [-0.05, 0) is 61.1 Å². The molecule has 0 bridgehead atoms. The predicted octanol–water partition coefficient (Wildman–Crippen LogP) is 4.11. The minimum absolute atomic E-state index is 0.0614. The highest BCUT2D eigenvalue weighted by Crippen LogP contribution is 2.29. The zero-order valence-corrected chi connectivity index (χ0v) is 16.0. The fourth-order valence-electron chi connectivity index (χ4n) is 3.99. The SMILES string of the molecule is CNC(=O)c1ccc(-c2ccc(OC3CCN(C4CCC4)CC3)cc2)cc1. The molecular formula is C23H28N2O2. The van der Waals surface area contributed by atoms with E-state index in [1.54, 1.807) is 7.05 Å². The number of rotatable bonds is 5. The highest BCUT2D eigenvalue weighted by atomic mass is 16.5. The number of carbonyl (C=O) groups is 1. The number of likely N-dealkylation sites (tertiary alicyclic amines) is 1. The number of hydrogen-bond acceptors (Lipinski definition) is 3. The highest BCUT2D eigenvalue weighted by molar-refractivity contribution is 5.94. The van der Waals surface area contributed by atoms with Crippen molar-refractivity contribution in [3.8, 4) is 16.9 Å². The lowest BCUT2D eigenvalue weighted by Crippen LogP contribution is -2.46. The summed E-state index contributed by atoms with van der Waals surface area (Å²) in [6.07, 6.45) is 6.76. The highest BCUT2D eigenvalue weighted by Gasteiger charge is 2.29. The largest absolute Gasteiger partial charge is 0.490 e. The quantitative estimate of drug-likeness (QED) is 0.868. The molecule has 1 amide bonds. The van der Waals surface area contributed by atoms with Crippen LogP contribution >= 0.6 is 0 Å². The topological polar surface area (TPSA) is 41.6 Å². The van der Waals surface area contributed by atoms with Crippen LogP contribution in [0, 0.1) is 0 Å². The molecule has 2 fully saturated rings. The third kappa shape index (κ3) is 4.16. The number of benzene rings is 2. The van der Waals surface area contributed by atoms with Gasteiger partial charge in [-0.3, -0.25) is 4.79 Å². The summed E-state index contributed by atoms with van der Waals surface area (Å²) in [5, 5.41) is 2.64. The van der Waals surface area contributed by atoms with E-state index in [-0.39, 0.29) is 5.91 Å². The number of nitrogens with zero attached hydrogens (tertiary/aromatic N) is 1. The van der Waals surface area contributed by atoms with Crippen molar-refractivity contribution in [2.75, 3.05) is 20.1 Å². The van der Waals surface area contributed by atoms with Crippen LogP contribution in [0.15, 0.2) is 48.5 Å². The molecule has 2 aromatic carbocycles. The number of carbonyl (C=O) groups excluding carboxylic acids is 1. The van der Waals surface area contributed by atoms with Gasteiger partial charge in [-0.25, -0.2) is 0 Å². The van der Waals surface area contributed by atoms with Gasteiger partial charge < -0.3 is 15.0 Å². The first kappa shape index (κ1) is 18.1. The molecule has 1 saturated heterocycles. The van der Waals surface area contributed by atoms with E-state index in [1.807, 2.05) is 24.3 Å². The molecule has 4 heteroatoms. The van der Waals surface area contributed by atoms with E-state index in [2.05, 4.69) is 34.5 Å². The van der Waals surface area contributed by atoms with Gasteiger partial charge in [0.15, 0.2) is 0 Å². The summed E-state index contributed by atoms with van der Waals surface area (Å²) in [7, 11) is 1.64. The molecule has 0 spiro atoms. The van der Waals surface area contributed by atoms with Crippen LogP contribution in [0.25, 0.3) is 11.1 Å². The molecule has 0 unspecified atom stereocenters. The van der Waals surface area contributed by atoms with Crippen LogP contribution in [0.1, 0.15) is 42.5 Å². The first-order valence-corrected chi connectivity index (χ1v) is 10.1. The van der Waals surface area contributed by atoms with E-state index in [9.17, 15) is 4.79 Å². The average Bonchev–Trinajstić information content (AvgIpc) is 2.68. The summed E-state index contributed by atoms with van der Waals surface area (Å²) in [6, 6.07) is 16.8. The zero-order chi connectivity index (χ0) is 18.6. The second kappa shape index (κ2) is 8.13. The van der Waals surface area contributed by atoms with Crippen molar-refractivity contribution < 1.29 is 9.53 Å². The summed E-state index contributed by atoms with van der Waals surface area (Å²) in [6.45, 7) is 2.34. The molecule has 1 aliphatic carbocycles. The lowest BCUT2D eigenvalue weighted by molar-refractivity contribution is 0.0493. The first-order chi connectivity index (χ1) is 13.2. The number of hydrogen-bond donors (Lipinski definition) is 1. The maximum atomic E-state index is 11.6. The first-order valence-electron chi connectivity index (χ1n) is 10.1. The molecule has 4 rings (SSSR count). The van der Waals surface area contributed by atoms with Crippen LogP contribution in [0.2, 0.25) is 0 Å². The lowest BCUT2D eigenvalue weighted by Gasteiger charge is -2.41. The van der Waals surface area contributed by atoms with Gasteiger partial charge in [0, 0.05) is 31.7 Å². The Hall–Kier alpha value is -2.33. The van der Waals surface area contributed by atoms with Crippen molar-refractivity contribution in [2.24, 2.45) is 0 Å². The molecule has 2 aromatic rings. The van der Waals surface area contributed by atoms with E-state index in [0.717, 1.165) is 35.8 Å². The van der Waals surface area contributed by atoms with Crippen molar-refractivity contribution >= 4 is 5.91 Å². The van der Waals surface area contributed by atoms with Gasteiger partial charge >= 0.3 is 0 Å². The molecule has 2 aliphatic rings. The van der Waals surface area contributed by atoms with Crippen LogP contribution in [0.3, 0.4) is 0 Å². The van der Waals surface area contributed by atoms with Gasteiger partial charge in [-0.1, -0.05) is 30.7 Å². The number of ether oxygens (including phenoxy) is 1. The Bertz CT molecular complexity index is 758. The van der Waals surface area contributed by atoms with E-state index < -0.39 is 0 Å². The molecular weight excluding hydrogens is 336 g/mol. The van der Waals surface area contributed by atoms with Crippen LogP contribution < -0.4 is 10.1 Å². The van der Waals surface area contributed by atoms with Gasteiger partial charge in [0.1, 0.15) is 11.9 Å². The smallest absolute Gasteiger partial charge is 0.251 e. The fraction of sp³-hybridized carbons (Fsp3) is 0.435. The maximum absolute atomic E-state index is 11.6. The van der Waals surface area contributed by atoms with Gasteiger partial charge in [-0.15, -0.1) is 0 Å². The van der Waals surface area contributed by atoms with Crippen molar-refractivity contribution in [1.29, 1.82) is 0 Å². The Morgan fingerprint density at radius 1 is 0.926 bits per heavy atom. The summed E-state index contributed by atoms with van der Waals surface area (Å²) in [5.41, 5.74) is 2.91. The summed E-state index contributed by atoms with van der Waals surface area (Å²) in [5.74, 6) is 0.886.